The quantitative estimate of drug-likeness (QED) is 0.701. The van der Waals surface area contributed by atoms with E-state index < -0.39 is 0 Å². The zero-order valence-corrected chi connectivity index (χ0v) is 9.82. The van der Waals surface area contributed by atoms with Crippen LogP contribution in [0.1, 0.15) is 27.2 Å². The molecular weight excluding hydrogens is 180 g/mol. The Balaban J connectivity index is 2.71. The fourth-order valence-electron chi connectivity index (χ4n) is 2.24. The van der Waals surface area contributed by atoms with Crippen molar-refractivity contribution < 1.29 is 14.2 Å². The summed E-state index contributed by atoms with van der Waals surface area (Å²) >= 11 is 0. The third-order valence-corrected chi connectivity index (χ3v) is 3.42. The second-order valence-corrected chi connectivity index (χ2v) is 4.11. The Kier molecular flexibility index (Phi) is 4.35. The second kappa shape index (κ2) is 5.10. The van der Waals surface area contributed by atoms with Gasteiger partial charge < -0.3 is 14.2 Å². The molecule has 0 spiro atoms. The first-order valence-corrected chi connectivity index (χ1v) is 5.36. The lowest BCUT2D eigenvalue weighted by molar-refractivity contribution is -0.267. The molecule has 0 saturated carbocycles. The van der Waals surface area contributed by atoms with Crippen molar-refractivity contribution in [3.8, 4) is 0 Å². The first-order valence-electron chi connectivity index (χ1n) is 5.36. The fourth-order valence-corrected chi connectivity index (χ4v) is 2.24. The SMILES string of the molecule is CC[C@H]1OC(OC)[C@@H](OC)[C@@H](C)[C@@H]1C. The Labute approximate surface area is 86.7 Å². The molecule has 1 aliphatic heterocycles. The van der Waals surface area contributed by atoms with Crippen LogP contribution in [0.3, 0.4) is 0 Å². The van der Waals surface area contributed by atoms with Gasteiger partial charge in [-0.3, -0.25) is 0 Å². The zero-order valence-electron chi connectivity index (χ0n) is 9.82. The van der Waals surface area contributed by atoms with Crippen LogP contribution in [0, 0.1) is 11.8 Å². The molecule has 1 saturated heterocycles. The Morgan fingerprint density at radius 1 is 1.07 bits per heavy atom. The third kappa shape index (κ3) is 2.10. The molecule has 84 valence electrons. The summed E-state index contributed by atoms with van der Waals surface area (Å²) in [6.45, 7) is 6.57. The minimum Gasteiger partial charge on any atom is -0.376 e. The summed E-state index contributed by atoms with van der Waals surface area (Å²) in [5.41, 5.74) is 0. The summed E-state index contributed by atoms with van der Waals surface area (Å²) in [5.74, 6) is 1.000. The number of hydrogen-bond acceptors (Lipinski definition) is 3. The van der Waals surface area contributed by atoms with E-state index in [1.807, 2.05) is 0 Å². The van der Waals surface area contributed by atoms with Crippen molar-refractivity contribution in [3.05, 3.63) is 0 Å². The maximum absolute atomic E-state index is 5.82. The third-order valence-electron chi connectivity index (χ3n) is 3.42. The van der Waals surface area contributed by atoms with Gasteiger partial charge in [-0.25, -0.2) is 0 Å². The lowest BCUT2D eigenvalue weighted by Crippen LogP contribution is -2.50. The van der Waals surface area contributed by atoms with Gasteiger partial charge in [0.2, 0.25) is 0 Å². The van der Waals surface area contributed by atoms with Crippen molar-refractivity contribution in [1.82, 2.24) is 0 Å². The van der Waals surface area contributed by atoms with E-state index >= 15 is 0 Å². The van der Waals surface area contributed by atoms with Gasteiger partial charge in [0.15, 0.2) is 6.29 Å². The predicted octanol–water partition coefficient (Wildman–Crippen LogP) is 2.05. The van der Waals surface area contributed by atoms with Crippen molar-refractivity contribution in [2.45, 2.75) is 45.7 Å². The van der Waals surface area contributed by atoms with Crippen LogP contribution in [0.15, 0.2) is 0 Å². The Bertz CT molecular complexity index is 170. The van der Waals surface area contributed by atoms with Crippen LogP contribution in [-0.4, -0.2) is 32.7 Å². The van der Waals surface area contributed by atoms with Crippen molar-refractivity contribution in [2.75, 3.05) is 14.2 Å². The molecule has 1 heterocycles. The minimum atomic E-state index is -0.212. The molecule has 1 rings (SSSR count). The molecule has 0 aliphatic carbocycles. The lowest BCUT2D eigenvalue weighted by atomic mass is 9.82. The summed E-state index contributed by atoms with van der Waals surface area (Å²) in [7, 11) is 3.39. The van der Waals surface area contributed by atoms with E-state index in [-0.39, 0.29) is 12.4 Å². The number of methoxy groups -OCH3 is 2. The fraction of sp³-hybridized carbons (Fsp3) is 1.00. The molecule has 0 N–H and O–H groups in total. The van der Waals surface area contributed by atoms with Crippen molar-refractivity contribution in [1.29, 1.82) is 0 Å². The average molecular weight is 202 g/mol. The lowest BCUT2D eigenvalue weighted by Gasteiger charge is -2.43. The van der Waals surface area contributed by atoms with Gasteiger partial charge in [-0.1, -0.05) is 20.8 Å². The van der Waals surface area contributed by atoms with E-state index in [9.17, 15) is 0 Å². The second-order valence-electron chi connectivity index (χ2n) is 4.11. The van der Waals surface area contributed by atoms with Crippen LogP contribution < -0.4 is 0 Å². The van der Waals surface area contributed by atoms with Crippen molar-refractivity contribution >= 4 is 0 Å². The molecule has 0 radical (unpaired) electrons. The molecule has 0 aromatic carbocycles. The molecule has 0 aromatic heterocycles. The Morgan fingerprint density at radius 3 is 2.14 bits per heavy atom. The number of rotatable bonds is 3. The van der Waals surface area contributed by atoms with Crippen LogP contribution >= 0.6 is 0 Å². The summed E-state index contributed by atoms with van der Waals surface area (Å²) in [6, 6.07) is 0. The van der Waals surface area contributed by atoms with E-state index in [2.05, 4.69) is 20.8 Å². The largest absolute Gasteiger partial charge is 0.376 e. The van der Waals surface area contributed by atoms with Gasteiger partial charge in [0, 0.05) is 14.2 Å². The van der Waals surface area contributed by atoms with E-state index in [4.69, 9.17) is 14.2 Å². The van der Waals surface area contributed by atoms with E-state index in [1.165, 1.54) is 0 Å². The van der Waals surface area contributed by atoms with Gasteiger partial charge in [-0.05, 0) is 18.3 Å². The summed E-state index contributed by atoms with van der Waals surface area (Å²) in [4.78, 5) is 0. The summed E-state index contributed by atoms with van der Waals surface area (Å²) in [5, 5.41) is 0. The molecule has 0 amide bonds. The van der Waals surface area contributed by atoms with Crippen molar-refractivity contribution in [3.63, 3.8) is 0 Å². The molecule has 3 heteroatoms. The highest BCUT2D eigenvalue weighted by Crippen LogP contribution is 2.33. The normalized spacial score (nSPS) is 43.9. The van der Waals surface area contributed by atoms with Crippen LogP contribution in [0.4, 0.5) is 0 Å². The molecular formula is C11H22O3. The van der Waals surface area contributed by atoms with Gasteiger partial charge in [-0.15, -0.1) is 0 Å². The molecule has 3 nitrogen and oxygen atoms in total. The molecule has 1 fully saturated rings. The zero-order chi connectivity index (χ0) is 10.7. The van der Waals surface area contributed by atoms with Crippen LogP contribution in [0.25, 0.3) is 0 Å². The maximum Gasteiger partial charge on any atom is 0.183 e. The first-order chi connectivity index (χ1) is 6.65. The molecule has 14 heavy (non-hydrogen) atoms. The Hall–Kier alpha value is -0.120. The Morgan fingerprint density at radius 2 is 1.71 bits per heavy atom. The topological polar surface area (TPSA) is 27.7 Å². The van der Waals surface area contributed by atoms with Gasteiger partial charge >= 0.3 is 0 Å². The predicted molar refractivity (Wildman–Crippen MR) is 55.1 cm³/mol. The highest BCUT2D eigenvalue weighted by atomic mass is 16.7. The highest BCUT2D eigenvalue weighted by Gasteiger charge is 2.40. The van der Waals surface area contributed by atoms with Gasteiger partial charge in [-0.2, -0.15) is 0 Å². The molecule has 0 bridgehead atoms. The van der Waals surface area contributed by atoms with Gasteiger partial charge in [0.25, 0.3) is 0 Å². The van der Waals surface area contributed by atoms with E-state index in [1.54, 1.807) is 14.2 Å². The van der Waals surface area contributed by atoms with Crippen LogP contribution in [-0.2, 0) is 14.2 Å². The van der Waals surface area contributed by atoms with E-state index in [0.29, 0.717) is 17.9 Å². The summed E-state index contributed by atoms with van der Waals surface area (Å²) in [6.07, 6.45) is 1.16. The van der Waals surface area contributed by atoms with Gasteiger partial charge in [0.05, 0.1) is 6.10 Å². The van der Waals surface area contributed by atoms with Crippen LogP contribution in [0.5, 0.6) is 0 Å². The number of hydrogen-bond donors (Lipinski definition) is 0. The maximum atomic E-state index is 5.82. The smallest absolute Gasteiger partial charge is 0.183 e. The molecule has 1 aliphatic rings. The minimum absolute atomic E-state index is 0.0535. The average Bonchev–Trinajstić information content (AvgIpc) is 2.21. The monoisotopic (exact) mass is 202 g/mol. The van der Waals surface area contributed by atoms with Crippen molar-refractivity contribution in [2.24, 2.45) is 11.8 Å². The standard InChI is InChI=1S/C11H22O3/c1-6-9-7(2)8(3)10(12-4)11(13-5)14-9/h7-11H,6H2,1-5H3/t7-,8-,9+,10-,11?/m0/s1. The van der Waals surface area contributed by atoms with E-state index in [0.717, 1.165) is 6.42 Å². The van der Waals surface area contributed by atoms with Crippen LogP contribution in [0.2, 0.25) is 0 Å². The molecule has 5 atom stereocenters. The summed E-state index contributed by atoms with van der Waals surface area (Å²) < 4.78 is 16.5. The first kappa shape index (κ1) is 12.0. The molecule has 0 aromatic rings. The number of ether oxygens (including phenoxy) is 3. The molecule has 1 unspecified atom stereocenters. The van der Waals surface area contributed by atoms with Gasteiger partial charge in [0.1, 0.15) is 6.10 Å². The highest BCUT2D eigenvalue weighted by molar-refractivity contribution is 4.84.